The van der Waals surface area contributed by atoms with Crippen LogP contribution < -0.4 is 4.74 Å². The molecular weight excluding hydrogens is 310 g/mol. The highest BCUT2D eigenvalue weighted by Gasteiger charge is 2.05. The van der Waals surface area contributed by atoms with E-state index < -0.39 is 0 Å². The second-order valence-electron chi connectivity index (χ2n) is 5.32. The first-order chi connectivity index (χ1) is 11.2. The second-order valence-corrected chi connectivity index (χ2v) is 5.73. The van der Waals surface area contributed by atoms with Crippen molar-refractivity contribution in [3.05, 3.63) is 77.1 Å². The number of hydrogen-bond acceptors (Lipinski definition) is 3. The van der Waals surface area contributed by atoms with E-state index in [-0.39, 0.29) is 0 Å². The molecule has 0 N–H and O–H groups in total. The summed E-state index contributed by atoms with van der Waals surface area (Å²) in [4.78, 5) is 8.25. The zero-order chi connectivity index (χ0) is 16.1. The van der Waals surface area contributed by atoms with Crippen LogP contribution in [0.4, 0.5) is 0 Å². The average Bonchev–Trinajstić information content (AvgIpc) is 2.98. The van der Waals surface area contributed by atoms with Gasteiger partial charge in [-0.25, -0.2) is 4.98 Å². The Labute approximate surface area is 140 Å². The molecule has 0 aliphatic heterocycles. The Balaban J connectivity index is 1.60. The van der Waals surface area contributed by atoms with Gasteiger partial charge in [0, 0.05) is 30.2 Å². The molecule has 0 atom stereocenters. The number of rotatable bonds is 6. The average molecular weight is 328 g/mol. The summed E-state index contributed by atoms with van der Waals surface area (Å²) in [5.41, 5.74) is 2.17. The standard InChI is InChI=1S/C18H18ClN3O/c1-14-21-8-10-22(14)9-6-16-5-4-15(11-18(16)19)13-23-17-3-2-7-20-12-17/h2-5,7-8,10-12H,6,9,13H2,1H3. The summed E-state index contributed by atoms with van der Waals surface area (Å²) in [6.07, 6.45) is 8.10. The number of aromatic nitrogens is 3. The summed E-state index contributed by atoms with van der Waals surface area (Å²) < 4.78 is 7.81. The number of nitrogens with zero attached hydrogens (tertiary/aromatic N) is 3. The van der Waals surface area contributed by atoms with Crippen molar-refractivity contribution in [2.24, 2.45) is 0 Å². The smallest absolute Gasteiger partial charge is 0.138 e. The Bertz CT molecular complexity index is 771. The van der Waals surface area contributed by atoms with E-state index in [2.05, 4.69) is 26.7 Å². The molecular formula is C18H18ClN3O. The van der Waals surface area contributed by atoms with Crippen LogP contribution in [0, 0.1) is 6.92 Å². The minimum Gasteiger partial charge on any atom is -0.487 e. The third-order valence-electron chi connectivity index (χ3n) is 3.70. The van der Waals surface area contributed by atoms with Crippen molar-refractivity contribution >= 4 is 11.6 Å². The van der Waals surface area contributed by atoms with Gasteiger partial charge >= 0.3 is 0 Å². The van der Waals surface area contributed by atoms with E-state index in [0.717, 1.165) is 40.7 Å². The molecule has 0 radical (unpaired) electrons. The van der Waals surface area contributed by atoms with E-state index in [0.29, 0.717) is 6.61 Å². The van der Waals surface area contributed by atoms with Crippen LogP contribution in [0.5, 0.6) is 5.75 Å². The van der Waals surface area contributed by atoms with E-state index in [1.165, 1.54) is 0 Å². The highest BCUT2D eigenvalue weighted by Crippen LogP contribution is 2.20. The topological polar surface area (TPSA) is 39.9 Å². The fourth-order valence-electron chi connectivity index (χ4n) is 2.36. The molecule has 0 spiro atoms. The maximum absolute atomic E-state index is 6.40. The number of pyridine rings is 1. The van der Waals surface area contributed by atoms with Gasteiger partial charge in [-0.05, 0) is 42.7 Å². The Morgan fingerprint density at radius 1 is 1.22 bits per heavy atom. The third-order valence-corrected chi connectivity index (χ3v) is 4.05. The lowest BCUT2D eigenvalue weighted by molar-refractivity contribution is 0.305. The van der Waals surface area contributed by atoms with Gasteiger partial charge in [-0.3, -0.25) is 4.98 Å². The van der Waals surface area contributed by atoms with Crippen LogP contribution in [0.2, 0.25) is 5.02 Å². The molecule has 2 aromatic heterocycles. The second kappa shape index (κ2) is 7.29. The molecule has 0 fully saturated rings. The quantitative estimate of drug-likeness (QED) is 0.685. The van der Waals surface area contributed by atoms with Gasteiger partial charge in [0.05, 0.1) is 6.20 Å². The van der Waals surface area contributed by atoms with Crippen LogP contribution >= 0.6 is 11.6 Å². The largest absolute Gasteiger partial charge is 0.487 e. The van der Waals surface area contributed by atoms with Crippen molar-refractivity contribution < 1.29 is 4.74 Å². The van der Waals surface area contributed by atoms with Crippen molar-refractivity contribution in [3.63, 3.8) is 0 Å². The molecule has 2 heterocycles. The van der Waals surface area contributed by atoms with Crippen LogP contribution in [0.15, 0.2) is 55.1 Å². The monoisotopic (exact) mass is 327 g/mol. The summed E-state index contributed by atoms with van der Waals surface area (Å²) in [5.74, 6) is 1.77. The highest BCUT2D eigenvalue weighted by atomic mass is 35.5. The van der Waals surface area contributed by atoms with Crippen molar-refractivity contribution in [2.45, 2.75) is 26.5 Å². The SMILES string of the molecule is Cc1nccn1CCc1ccc(COc2cccnc2)cc1Cl. The minimum atomic E-state index is 0.478. The minimum absolute atomic E-state index is 0.478. The van der Waals surface area contributed by atoms with E-state index in [1.807, 2.05) is 37.5 Å². The number of halogens is 1. The van der Waals surface area contributed by atoms with E-state index in [9.17, 15) is 0 Å². The van der Waals surface area contributed by atoms with E-state index >= 15 is 0 Å². The lowest BCUT2D eigenvalue weighted by atomic mass is 10.1. The van der Waals surface area contributed by atoms with Gasteiger partial charge in [-0.1, -0.05) is 23.7 Å². The number of aryl methyl sites for hydroxylation is 3. The Kier molecular flexibility index (Phi) is 4.93. The number of benzene rings is 1. The maximum Gasteiger partial charge on any atom is 0.138 e. The summed E-state index contributed by atoms with van der Waals surface area (Å²) >= 11 is 6.40. The van der Waals surface area contributed by atoms with E-state index in [4.69, 9.17) is 16.3 Å². The van der Waals surface area contributed by atoms with Crippen molar-refractivity contribution in [3.8, 4) is 5.75 Å². The molecule has 0 aliphatic rings. The molecule has 0 amide bonds. The predicted octanol–water partition coefficient (Wildman–Crippen LogP) is 4.06. The summed E-state index contributed by atoms with van der Waals surface area (Å²) in [7, 11) is 0. The third kappa shape index (κ3) is 4.11. The molecule has 0 bridgehead atoms. The Morgan fingerprint density at radius 3 is 2.83 bits per heavy atom. The van der Waals surface area contributed by atoms with Crippen molar-refractivity contribution in [1.29, 1.82) is 0 Å². The fourth-order valence-corrected chi connectivity index (χ4v) is 2.66. The maximum atomic E-state index is 6.40. The zero-order valence-electron chi connectivity index (χ0n) is 12.9. The summed E-state index contributed by atoms with van der Waals surface area (Å²) in [6, 6.07) is 9.82. The molecule has 0 saturated heterocycles. The van der Waals surface area contributed by atoms with Gasteiger partial charge < -0.3 is 9.30 Å². The van der Waals surface area contributed by atoms with Gasteiger partial charge in [0.25, 0.3) is 0 Å². The number of ether oxygens (including phenoxy) is 1. The Hall–Kier alpha value is -2.33. The van der Waals surface area contributed by atoms with Crippen LogP contribution in [-0.2, 0) is 19.6 Å². The van der Waals surface area contributed by atoms with Crippen molar-refractivity contribution in [2.75, 3.05) is 0 Å². The van der Waals surface area contributed by atoms with E-state index in [1.54, 1.807) is 12.4 Å². The van der Waals surface area contributed by atoms with Crippen LogP contribution in [0.1, 0.15) is 17.0 Å². The molecule has 23 heavy (non-hydrogen) atoms. The summed E-state index contributed by atoms with van der Waals surface area (Å²) in [5, 5.41) is 0.773. The lowest BCUT2D eigenvalue weighted by Crippen LogP contribution is -2.03. The summed E-state index contributed by atoms with van der Waals surface area (Å²) in [6.45, 7) is 3.35. The molecule has 3 aromatic rings. The first-order valence-electron chi connectivity index (χ1n) is 7.50. The molecule has 3 rings (SSSR count). The highest BCUT2D eigenvalue weighted by molar-refractivity contribution is 6.31. The van der Waals surface area contributed by atoms with Crippen LogP contribution in [-0.4, -0.2) is 14.5 Å². The van der Waals surface area contributed by atoms with Gasteiger partial charge in [0.2, 0.25) is 0 Å². The van der Waals surface area contributed by atoms with Gasteiger partial charge in [0.15, 0.2) is 0 Å². The molecule has 0 aliphatic carbocycles. The molecule has 0 saturated carbocycles. The first kappa shape index (κ1) is 15.6. The van der Waals surface area contributed by atoms with Crippen molar-refractivity contribution in [1.82, 2.24) is 14.5 Å². The molecule has 1 aromatic carbocycles. The van der Waals surface area contributed by atoms with Gasteiger partial charge in [-0.2, -0.15) is 0 Å². The molecule has 0 unspecified atom stereocenters. The number of imidazole rings is 1. The van der Waals surface area contributed by atoms with Gasteiger partial charge in [0.1, 0.15) is 18.2 Å². The van der Waals surface area contributed by atoms with Gasteiger partial charge in [-0.15, -0.1) is 0 Å². The Morgan fingerprint density at radius 2 is 2.13 bits per heavy atom. The van der Waals surface area contributed by atoms with Crippen LogP contribution in [0.3, 0.4) is 0 Å². The molecule has 4 nitrogen and oxygen atoms in total. The lowest BCUT2D eigenvalue weighted by Gasteiger charge is -2.10. The molecule has 118 valence electrons. The predicted molar refractivity (Wildman–Crippen MR) is 90.7 cm³/mol. The van der Waals surface area contributed by atoms with Crippen LogP contribution in [0.25, 0.3) is 0 Å². The fraction of sp³-hybridized carbons (Fsp3) is 0.222. The normalized spacial score (nSPS) is 10.7. The number of hydrogen-bond donors (Lipinski definition) is 0. The first-order valence-corrected chi connectivity index (χ1v) is 7.88. The zero-order valence-corrected chi connectivity index (χ0v) is 13.7. The molecule has 5 heteroatoms.